The summed E-state index contributed by atoms with van der Waals surface area (Å²) in [6, 6.07) is 12.1. The third-order valence-electron chi connectivity index (χ3n) is 5.76. The first-order valence-corrected chi connectivity index (χ1v) is 9.90. The zero-order valence-electron chi connectivity index (χ0n) is 15.7. The second-order valence-corrected chi connectivity index (χ2v) is 8.17. The van der Waals surface area contributed by atoms with Crippen molar-refractivity contribution < 1.29 is 4.79 Å². The first kappa shape index (κ1) is 18.4. The van der Waals surface area contributed by atoms with Gasteiger partial charge in [0.15, 0.2) is 0 Å². The molecule has 25 heavy (non-hydrogen) atoms. The van der Waals surface area contributed by atoms with E-state index >= 15 is 0 Å². The van der Waals surface area contributed by atoms with Crippen LogP contribution in [0.5, 0.6) is 0 Å². The second kappa shape index (κ2) is 8.33. The molecule has 1 amide bonds. The van der Waals surface area contributed by atoms with Gasteiger partial charge in [0, 0.05) is 24.7 Å². The Bertz CT molecular complexity index is 548. The van der Waals surface area contributed by atoms with Crippen molar-refractivity contribution in [2.24, 2.45) is 11.7 Å². The predicted octanol–water partition coefficient (Wildman–Crippen LogP) is 3.06. The topological polar surface area (TPSA) is 58.4 Å². The summed E-state index contributed by atoms with van der Waals surface area (Å²) in [6.45, 7) is 5.06. The molecule has 138 valence electrons. The number of hydrogen-bond acceptors (Lipinski definition) is 3. The van der Waals surface area contributed by atoms with Crippen LogP contribution in [0.2, 0.25) is 0 Å². The Hall–Kier alpha value is -1.39. The summed E-state index contributed by atoms with van der Waals surface area (Å²) in [7, 11) is 0. The lowest BCUT2D eigenvalue weighted by Crippen LogP contribution is -2.50. The lowest BCUT2D eigenvalue weighted by Gasteiger charge is -2.37. The number of hydrogen-bond donors (Lipinski definition) is 2. The summed E-state index contributed by atoms with van der Waals surface area (Å²) in [6.07, 6.45) is 7.16. The molecule has 3 N–H and O–H groups in total. The highest BCUT2D eigenvalue weighted by molar-refractivity contribution is 5.82. The van der Waals surface area contributed by atoms with Crippen LogP contribution in [0.3, 0.4) is 0 Å². The molecule has 1 aromatic rings. The molecule has 0 bridgehead atoms. The van der Waals surface area contributed by atoms with Gasteiger partial charge in [-0.05, 0) is 50.0 Å². The highest BCUT2D eigenvalue weighted by Crippen LogP contribution is 2.35. The molecule has 0 aromatic heterocycles. The minimum Gasteiger partial charge on any atom is -0.352 e. The first-order chi connectivity index (χ1) is 12.0. The average molecular weight is 344 g/mol. The van der Waals surface area contributed by atoms with Crippen molar-refractivity contribution in [1.29, 1.82) is 0 Å². The maximum atomic E-state index is 12.2. The van der Waals surface area contributed by atoms with Crippen LogP contribution in [0.25, 0.3) is 0 Å². The second-order valence-electron chi connectivity index (χ2n) is 8.17. The van der Waals surface area contributed by atoms with Gasteiger partial charge in [-0.3, -0.25) is 9.69 Å². The molecule has 2 fully saturated rings. The van der Waals surface area contributed by atoms with E-state index < -0.39 is 6.04 Å². The van der Waals surface area contributed by atoms with Gasteiger partial charge in [0.05, 0.1) is 6.04 Å². The first-order valence-electron chi connectivity index (χ1n) is 9.90. The third-order valence-corrected chi connectivity index (χ3v) is 5.76. The van der Waals surface area contributed by atoms with Gasteiger partial charge < -0.3 is 11.1 Å². The molecule has 0 saturated heterocycles. The molecule has 2 aliphatic carbocycles. The number of nitrogens with two attached hydrogens (primary N) is 1. The van der Waals surface area contributed by atoms with E-state index in [1.807, 2.05) is 13.8 Å². The van der Waals surface area contributed by atoms with E-state index in [1.165, 1.54) is 31.2 Å². The Morgan fingerprint density at radius 2 is 1.64 bits per heavy atom. The number of carbonyl (C=O) groups excluding carboxylic acids is 1. The predicted molar refractivity (Wildman–Crippen MR) is 102 cm³/mol. The molecule has 0 radical (unpaired) electrons. The van der Waals surface area contributed by atoms with E-state index in [4.69, 9.17) is 5.73 Å². The fourth-order valence-electron chi connectivity index (χ4n) is 3.91. The quantitative estimate of drug-likeness (QED) is 0.800. The Balaban J connectivity index is 1.51. The number of amides is 1. The smallest absolute Gasteiger partial charge is 0.237 e. The number of nitrogens with one attached hydrogen (secondary N) is 1. The normalized spacial score (nSPS) is 25.2. The fourth-order valence-corrected chi connectivity index (χ4v) is 3.91. The highest BCUT2D eigenvalue weighted by Gasteiger charge is 2.36. The molecule has 1 aromatic carbocycles. The van der Waals surface area contributed by atoms with Crippen LogP contribution in [-0.2, 0) is 11.3 Å². The van der Waals surface area contributed by atoms with Crippen molar-refractivity contribution in [3.8, 4) is 0 Å². The highest BCUT2D eigenvalue weighted by atomic mass is 16.2. The molecule has 0 unspecified atom stereocenters. The minimum absolute atomic E-state index is 0.0155. The summed E-state index contributed by atoms with van der Waals surface area (Å²) in [4.78, 5) is 14.9. The standard InChI is InChI=1S/C21H33N3O/c1-15(2)20(22)21(25)23-17-8-10-18(11-9-17)24(19-12-13-19)14-16-6-4-3-5-7-16/h3-7,15,17-20H,8-14,22H2,1-2H3,(H,23,25)/t17?,18?,20-/m0/s1. The van der Waals surface area contributed by atoms with Crippen LogP contribution in [-0.4, -0.2) is 35.0 Å². The van der Waals surface area contributed by atoms with E-state index in [9.17, 15) is 4.79 Å². The summed E-state index contributed by atoms with van der Waals surface area (Å²) >= 11 is 0. The summed E-state index contributed by atoms with van der Waals surface area (Å²) in [5.74, 6) is 0.203. The van der Waals surface area contributed by atoms with Crippen LogP contribution >= 0.6 is 0 Å². The van der Waals surface area contributed by atoms with Gasteiger partial charge in [0.25, 0.3) is 0 Å². The SMILES string of the molecule is CC(C)[C@H](N)C(=O)NC1CCC(N(Cc2ccccc2)C2CC2)CC1. The zero-order valence-corrected chi connectivity index (χ0v) is 15.7. The Labute approximate surface area is 152 Å². The minimum atomic E-state index is -0.390. The molecule has 0 spiro atoms. The van der Waals surface area contributed by atoms with E-state index in [0.717, 1.165) is 25.4 Å². The van der Waals surface area contributed by atoms with Gasteiger partial charge in [-0.15, -0.1) is 0 Å². The lowest BCUT2D eigenvalue weighted by molar-refractivity contribution is -0.124. The number of benzene rings is 1. The van der Waals surface area contributed by atoms with Crippen molar-refractivity contribution in [3.05, 3.63) is 35.9 Å². The maximum Gasteiger partial charge on any atom is 0.237 e. The van der Waals surface area contributed by atoms with Crippen molar-refractivity contribution in [3.63, 3.8) is 0 Å². The number of nitrogens with zero attached hydrogens (tertiary/aromatic N) is 1. The van der Waals surface area contributed by atoms with Gasteiger partial charge >= 0.3 is 0 Å². The molecular weight excluding hydrogens is 310 g/mol. The van der Waals surface area contributed by atoms with Gasteiger partial charge in [-0.1, -0.05) is 44.2 Å². The van der Waals surface area contributed by atoms with Crippen molar-refractivity contribution in [2.75, 3.05) is 0 Å². The molecule has 4 nitrogen and oxygen atoms in total. The van der Waals surface area contributed by atoms with Crippen LogP contribution < -0.4 is 11.1 Å². The lowest BCUT2D eigenvalue weighted by atomic mass is 9.89. The van der Waals surface area contributed by atoms with Crippen LogP contribution in [0.15, 0.2) is 30.3 Å². The fraction of sp³-hybridized carbons (Fsp3) is 0.667. The third kappa shape index (κ3) is 5.05. The van der Waals surface area contributed by atoms with Crippen molar-refractivity contribution in [2.45, 2.75) is 83.1 Å². The van der Waals surface area contributed by atoms with Crippen molar-refractivity contribution in [1.82, 2.24) is 10.2 Å². The summed E-state index contributed by atoms with van der Waals surface area (Å²) in [5.41, 5.74) is 7.38. The molecule has 2 saturated carbocycles. The Morgan fingerprint density at radius 3 is 2.16 bits per heavy atom. The van der Waals surface area contributed by atoms with Crippen molar-refractivity contribution >= 4 is 5.91 Å². The number of carbonyl (C=O) groups is 1. The average Bonchev–Trinajstić information content (AvgIpc) is 3.45. The molecule has 2 aliphatic rings. The summed E-state index contributed by atoms with van der Waals surface area (Å²) in [5, 5.41) is 3.17. The zero-order chi connectivity index (χ0) is 17.8. The van der Waals surface area contributed by atoms with E-state index in [2.05, 4.69) is 40.5 Å². The molecule has 0 aliphatic heterocycles. The van der Waals surface area contributed by atoms with Crippen LogP contribution in [0.1, 0.15) is 57.9 Å². The molecular formula is C21H33N3O. The van der Waals surface area contributed by atoms with Crippen LogP contribution in [0.4, 0.5) is 0 Å². The van der Waals surface area contributed by atoms with Gasteiger partial charge in [0.1, 0.15) is 0 Å². The Kier molecular flexibility index (Phi) is 6.13. The van der Waals surface area contributed by atoms with Gasteiger partial charge in [-0.25, -0.2) is 0 Å². The molecule has 0 heterocycles. The summed E-state index contributed by atoms with van der Waals surface area (Å²) < 4.78 is 0. The Morgan fingerprint density at radius 1 is 1.08 bits per heavy atom. The monoisotopic (exact) mass is 343 g/mol. The molecule has 1 atom stereocenters. The maximum absolute atomic E-state index is 12.2. The molecule has 3 rings (SSSR count). The number of rotatable bonds is 7. The van der Waals surface area contributed by atoms with E-state index in [-0.39, 0.29) is 11.8 Å². The largest absolute Gasteiger partial charge is 0.352 e. The van der Waals surface area contributed by atoms with E-state index in [0.29, 0.717) is 12.1 Å². The molecule has 4 heteroatoms. The van der Waals surface area contributed by atoms with E-state index in [1.54, 1.807) is 0 Å². The van der Waals surface area contributed by atoms with Gasteiger partial charge in [-0.2, -0.15) is 0 Å². The van der Waals surface area contributed by atoms with Gasteiger partial charge in [0.2, 0.25) is 5.91 Å². The van der Waals surface area contributed by atoms with Crippen LogP contribution in [0, 0.1) is 5.92 Å².